The van der Waals surface area contributed by atoms with Crippen molar-refractivity contribution >= 4 is 29.8 Å². The Morgan fingerprint density at radius 1 is 1.37 bits per heavy atom. The molecule has 1 rings (SSSR count). The zero-order valence-corrected chi connectivity index (χ0v) is 12.0. The number of hydroxylamine groups is 1. The molecule has 0 aliphatic rings. The molecule has 3 N–H and O–H groups in total. The van der Waals surface area contributed by atoms with Crippen molar-refractivity contribution in [3.63, 3.8) is 0 Å². The molecule has 1 atom stereocenters. The van der Waals surface area contributed by atoms with Crippen LogP contribution >= 0.6 is 18.2 Å². The summed E-state index contributed by atoms with van der Waals surface area (Å²) in [4.78, 5) is 30.6. The molecule has 0 fully saturated rings. The van der Waals surface area contributed by atoms with Crippen molar-refractivity contribution < 1.29 is 29.1 Å². The molecule has 0 saturated heterocycles. The Balaban J connectivity index is 0.000000555. The molecule has 0 aliphatic carbocycles. The predicted octanol–water partition coefficient (Wildman–Crippen LogP) is 1.85. The molecule has 0 heterocycles. The second-order valence-corrected chi connectivity index (χ2v) is 5.60. The zero-order chi connectivity index (χ0) is 15.1. The molecular weight excluding hydrogens is 297 g/mol. The average molecular weight is 312 g/mol. The van der Waals surface area contributed by atoms with Gasteiger partial charge >= 0.3 is 12.9 Å². The molecule has 19 heavy (non-hydrogen) atoms. The van der Waals surface area contributed by atoms with Crippen LogP contribution in [0.1, 0.15) is 6.92 Å². The Bertz CT molecular complexity index is 429. The summed E-state index contributed by atoms with van der Waals surface area (Å²) in [6.45, 7) is -2.60. The van der Waals surface area contributed by atoms with Crippen LogP contribution in [-0.2, 0) is 14.2 Å². The maximum atomic E-state index is 10.8. The van der Waals surface area contributed by atoms with Crippen molar-refractivity contribution in [1.82, 2.24) is 0 Å². The van der Waals surface area contributed by atoms with E-state index in [1.165, 1.54) is 12.2 Å². The minimum absolute atomic E-state index is 0.706. The van der Waals surface area contributed by atoms with Gasteiger partial charge < -0.3 is 14.9 Å². The molecule has 108 valence electrons. The number of aliphatic carboxylic acids is 1. The van der Waals surface area contributed by atoms with Crippen molar-refractivity contribution in [3.8, 4) is 0 Å². The van der Waals surface area contributed by atoms with Crippen LogP contribution in [0.3, 0.4) is 0 Å². The highest BCUT2D eigenvalue weighted by atomic mass is 35.7. The lowest BCUT2D eigenvalue weighted by Crippen LogP contribution is -2.38. The van der Waals surface area contributed by atoms with Gasteiger partial charge in [0.2, 0.25) is 0 Å². The third-order valence-corrected chi connectivity index (χ3v) is 1.92. The van der Waals surface area contributed by atoms with E-state index in [1.54, 1.807) is 19.1 Å². The van der Waals surface area contributed by atoms with E-state index >= 15 is 0 Å². The van der Waals surface area contributed by atoms with E-state index in [-0.39, 0.29) is 0 Å². The fourth-order valence-electron chi connectivity index (χ4n) is 1.16. The molecule has 0 aromatic heterocycles. The van der Waals surface area contributed by atoms with Crippen molar-refractivity contribution in [3.05, 3.63) is 30.3 Å². The summed E-state index contributed by atoms with van der Waals surface area (Å²) >= 11 is 4.20. The Labute approximate surface area is 115 Å². The largest absolute Gasteiger partial charge is 0.480 e. The minimum Gasteiger partial charge on any atom is -0.480 e. The molecule has 0 unspecified atom stereocenters. The predicted molar refractivity (Wildman–Crippen MR) is 70.9 cm³/mol. The molecule has 0 saturated carbocycles. The van der Waals surface area contributed by atoms with Gasteiger partial charge in [-0.15, -0.1) is 0 Å². The summed E-state index contributed by atoms with van der Waals surface area (Å²) in [6.07, 6.45) is 0. The number of rotatable bonds is 4. The number of para-hydroxylation sites is 1. The van der Waals surface area contributed by atoms with Gasteiger partial charge in [0.05, 0.1) is 12.8 Å². The van der Waals surface area contributed by atoms with Gasteiger partial charge in [0.1, 0.15) is 0 Å². The Morgan fingerprint density at radius 2 is 1.79 bits per heavy atom. The third kappa shape index (κ3) is 8.58. The fourth-order valence-corrected chi connectivity index (χ4v) is 1.16. The SMILES string of the molecule is CON(c1ccccc1)[C@@H](C)C(=O)O.O=P(O)(O)Cl. The number of anilines is 1. The van der Waals surface area contributed by atoms with Crippen LogP contribution in [0.2, 0.25) is 0 Å². The van der Waals surface area contributed by atoms with Crippen LogP contribution in [0, 0.1) is 0 Å². The molecule has 0 amide bonds. The van der Waals surface area contributed by atoms with Crippen molar-refractivity contribution in [2.45, 2.75) is 13.0 Å². The number of hydrogen-bond acceptors (Lipinski definition) is 4. The first-order chi connectivity index (χ1) is 8.66. The summed E-state index contributed by atoms with van der Waals surface area (Å²) in [7, 11) is 1.45. The fraction of sp³-hybridized carbons (Fsp3) is 0.300. The number of hydrogen-bond donors (Lipinski definition) is 3. The summed E-state index contributed by atoms with van der Waals surface area (Å²) in [5, 5.41) is 10.2. The van der Waals surface area contributed by atoms with Gasteiger partial charge in [-0.1, -0.05) is 18.2 Å². The number of carboxylic acid groups (broad SMARTS) is 1. The first kappa shape index (κ1) is 17.9. The highest BCUT2D eigenvalue weighted by Crippen LogP contribution is 2.39. The first-order valence-electron chi connectivity index (χ1n) is 5.03. The highest BCUT2D eigenvalue weighted by molar-refractivity contribution is 7.79. The summed E-state index contributed by atoms with van der Waals surface area (Å²) in [5.74, 6) is -0.921. The lowest BCUT2D eigenvalue weighted by molar-refractivity contribution is -0.140. The van der Waals surface area contributed by atoms with Gasteiger partial charge in [-0.2, -0.15) is 0 Å². The van der Waals surface area contributed by atoms with Crippen LogP contribution < -0.4 is 5.06 Å². The van der Waals surface area contributed by atoms with E-state index in [9.17, 15) is 4.79 Å². The molecule has 1 aromatic rings. The van der Waals surface area contributed by atoms with E-state index in [4.69, 9.17) is 24.3 Å². The van der Waals surface area contributed by atoms with Crippen molar-refractivity contribution in [1.29, 1.82) is 0 Å². The molecule has 1 aromatic carbocycles. The zero-order valence-electron chi connectivity index (χ0n) is 10.3. The molecule has 0 bridgehead atoms. The maximum absolute atomic E-state index is 10.8. The van der Waals surface area contributed by atoms with E-state index < -0.39 is 19.0 Å². The monoisotopic (exact) mass is 311 g/mol. The van der Waals surface area contributed by atoms with E-state index in [0.29, 0.717) is 0 Å². The van der Waals surface area contributed by atoms with Gasteiger partial charge in [-0.25, -0.2) is 14.4 Å². The molecule has 0 radical (unpaired) electrons. The summed E-state index contributed by atoms with van der Waals surface area (Å²) in [5.41, 5.74) is 0.727. The molecular formula is C10H15ClNO6P. The Hall–Kier alpha value is -1.11. The van der Waals surface area contributed by atoms with Gasteiger partial charge in [0.25, 0.3) is 0 Å². The van der Waals surface area contributed by atoms with Crippen LogP contribution in [0.5, 0.6) is 0 Å². The van der Waals surface area contributed by atoms with E-state index in [2.05, 4.69) is 11.2 Å². The van der Waals surface area contributed by atoms with Crippen LogP contribution in [0.15, 0.2) is 30.3 Å². The molecule has 9 heteroatoms. The number of nitrogens with zero attached hydrogens (tertiary/aromatic N) is 1. The summed E-state index contributed by atoms with van der Waals surface area (Å²) < 4.78 is 9.09. The lowest BCUT2D eigenvalue weighted by atomic mass is 10.2. The van der Waals surface area contributed by atoms with Crippen LogP contribution in [-0.4, -0.2) is 34.0 Å². The van der Waals surface area contributed by atoms with Gasteiger partial charge in [0.15, 0.2) is 6.04 Å². The number of benzene rings is 1. The van der Waals surface area contributed by atoms with Crippen LogP contribution in [0.25, 0.3) is 0 Å². The number of carbonyl (C=O) groups is 1. The first-order valence-corrected chi connectivity index (χ1v) is 7.55. The van der Waals surface area contributed by atoms with Crippen molar-refractivity contribution in [2.24, 2.45) is 0 Å². The Kier molecular flexibility index (Phi) is 7.66. The van der Waals surface area contributed by atoms with Gasteiger partial charge in [-0.3, -0.25) is 4.84 Å². The smallest absolute Gasteiger partial charge is 0.419 e. The molecule has 7 nitrogen and oxygen atoms in total. The standard InChI is InChI=1S/C10H13NO3.ClH2O3P/c1-8(10(12)13)11(14-2)9-6-4-3-5-7-9;1-5(2,3)4/h3-8H,1-2H3,(H,12,13);(H2,2,3,4)/t8-;/m0./s1. The number of halogens is 1. The maximum Gasteiger partial charge on any atom is 0.419 e. The van der Waals surface area contributed by atoms with Gasteiger partial charge in [0, 0.05) is 11.2 Å². The normalized spacial score (nSPS) is 12.1. The Morgan fingerprint density at radius 3 is 2.11 bits per heavy atom. The second-order valence-electron chi connectivity index (χ2n) is 3.33. The molecule has 0 aliphatic heterocycles. The van der Waals surface area contributed by atoms with Gasteiger partial charge in [-0.05, 0) is 19.1 Å². The topological polar surface area (TPSA) is 107 Å². The number of carboxylic acids is 1. The van der Waals surface area contributed by atoms with Crippen LogP contribution in [0.4, 0.5) is 5.69 Å². The second kappa shape index (κ2) is 8.14. The average Bonchev–Trinajstić information content (AvgIpc) is 2.29. The lowest BCUT2D eigenvalue weighted by Gasteiger charge is -2.25. The molecule has 0 spiro atoms. The van der Waals surface area contributed by atoms with E-state index in [0.717, 1.165) is 5.69 Å². The van der Waals surface area contributed by atoms with Crippen molar-refractivity contribution in [2.75, 3.05) is 12.2 Å². The highest BCUT2D eigenvalue weighted by Gasteiger charge is 2.20. The quantitative estimate of drug-likeness (QED) is 0.575. The van der Waals surface area contributed by atoms with E-state index in [1.807, 2.05) is 18.2 Å². The minimum atomic E-state index is -4.17. The third-order valence-electron chi connectivity index (χ3n) is 1.92. The summed E-state index contributed by atoms with van der Waals surface area (Å²) in [6, 6.07) is 8.41.